The second-order valence-electron chi connectivity index (χ2n) is 4.86. The monoisotopic (exact) mass is 373 g/mol. The Balaban J connectivity index is 2.00. The molecule has 12 heteroatoms. The minimum absolute atomic E-state index is 0.0377. The first-order chi connectivity index (χ1) is 11.7. The molecule has 8 nitrogen and oxygen atoms in total. The van der Waals surface area contributed by atoms with Crippen molar-refractivity contribution in [2.45, 2.75) is 6.18 Å². The Morgan fingerprint density at radius 1 is 1.28 bits per heavy atom. The molecule has 0 atom stereocenters. The summed E-state index contributed by atoms with van der Waals surface area (Å²) < 4.78 is 44.4. The van der Waals surface area contributed by atoms with Crippen LogP contribution in [-0.4, -0.2) is 24.8 Å². The molecule has 130 valence electrons. The Kier molecular flexibility index (Phi) is 3.95. The standard InChI is InChI=1S/C13H7ClF3N5O3/c1-21-9(8(14)10(19-21)13(15,16)17)12-18-11(20-25-12)6-2-4-7(5-3-6)22(23)24/h2-5H,1H3. The van der Waals surface area contributed by atoms with Crippen molar-refractivity contribution in [2.75, 3.05) is 0 Å². The SMILES string of the molecule is Cn1nc(C(F)(F)F)c(Cl)c1-c1nc(-c2ccc([N+](=O)[O-])cc2)no1. The summed E-state index contributed by atoms with van der Waals surface area (Å²) in [5, 5.41) is 17.0. The van der Waals surface area contributed by atoms with Gasteiger partial charge in [-0.15, -0.1) is 0 Å². The Morgan fingerprint density at radius 2 is 1.92 bits per heavy atom. The molecule has 0 saturated heterocycles. The molecule has 0 saturated carbocycles. The van der Waals surface area contributed by atoms with Crippen LogP contribution in [-0.2, 0) is 13.2 Å². The summed E-state index contributed by atoms with van der Waals surface area (Å²) in [5.41, 5.74) is -1.19. The van der Waals surface area contributed by atoms with Crippen LogP contribution in [0.15, 0.2) is 28.8 Å². The lowest BCUT2D eigenvalue weighted by Gasteiger charge is -2.00. The number of nitrogens with zero attached hydrogens (tertiary/aromatic N) is 5. The van der Waals surface area contributed by atoms with Gasteiger partial charge in [0.25, 0.3) is 11.6 Å². The number of benzene rings is 1. The molecule has 0 aliphatic rings. The first-order valence-corrected chi connectivity index (χ1v) is 6.95. The number of nitro benzene ring substituents is 1. The predicted molar refractivity (Wildman–Crippen MR) is 78.6 cm³/mol. The summed E-state index contributed by atoms with van der Waals surface area (Å²) >= 11 is 5.75. The second kappa shape index (κ2) is 5.84. The van der Waals surface area contributed by atoms with Gasteiger partial charge in [0.15, 0.2) is 5.69 Å². The third-order valence-corrected chi connectivity index (χ3v) is 3.58. The van der Waals surface area contributed by atoms with Gasteiger partial charge in [-0.1, -0.05) is 16.8 Å². The molecule has 0 spiro atoms. The molecule has 0 aliphatic carbocycles. The molecule has 2 aromatic heterocycles. The van der Waals surface area contributed by atoms with Crippen molar-refractivity contribution < 1.29 is 22.6 Å². The molecule has 0 radical (unpaired) electrons. The lowest BCUT2D eigenvalue weighted by molar-refractivity contribution is -0.384. The number of hydrogen-bond donors (Lipinski definition) is 0. The van der Waals surface area contributed by atoms with Crippen LogP contribution in [0.2, 0.25) is 5.02 Å². The second-order valence-corrected chi connectivity index (χ2v) is 5.24. The fourth-order valence-corrected chi connectivity index (χ4v) is 2.43. The maximum atomic E-state index is 12.8. The van der Waals surface area contributed by atoms with Gasteiger partial charge in [0, 0.05) is 24.7 Å². The van der Waals surface area contributed by atoms with Crippen LogP contribution in [0.5, 0.6) is 0 Å². The van der Waals surface area contributed by atoms with Gasteiger partial charge in [-0.05, 0) is 12.1 Å². The minimum Gasteiger partial charge on any atom is -0.332 e. The van der Waals surface area contributed by atoms with Crippen LogP contribution in [0.25, 0.3) is 23.0 Å². The fraction of sp³-hybridized carbons (Fsp3) is 0.154. The van der Waals surface area contributed by atoms with E-state index in [2.05, 4.69) is 15.2 Å². The molecule has 1 aromatic carbocycles. The van der Waals surface area contributed by atoms with E-state index in [4.69, 9.17) is 16.1 Å². The Labute approximate surface area is 142 Å². The summed E-state index contributed by atoms with van der Waals surface area (Å²) in [4.78, 5) is 14.0. The fourth-order valence-electron chi connectivity index (χ4n) is 2.08. The third kappa shape index (κ3) is 3.05. The van der Waals surface area contributed by atoms with Gasteiger partial charge in [-0.3, -0.25) is 14.8 Å². The number of non-ortho nitro benzene ring substituents is 1. The van der Waals surface area contributed by atoms with Crippen molar-refractivity contribution in [1.82, 2.24) is 19.9 Å². The molecule has 0 fully saturated rings. The van der Waals surface area contributed by atoms with Crippen molar-refractivity contribution in [1.29, 1.82) is 0 Å². The zero-order chi connectivity index (χ0) is 18.4. The number of alkyl halides is 3. The van der Waals surface area contributed by atoms with Crippen molar-refractivity contribution in [3.05, 3.63) is 45.1 Å². The Hall–Kier alpha value is -2.95. The first-order valence-electron chi connectivity index (χ1n) is 6.57. The van der Waals surface area contributed by atoms with Gasteiger partial charge in [0.05, 0.1) is 4.92 Å². The lowest BCUT2D eigenvalue weighted by Crippen LogP contribution is -2.07. The van der Waals surface area contributed by atoms with Gasteiger partial charge in [0.1, 0.15) is 10.7 Å². The van der Waals surface area contributed by atoms with E-state index in [0.717, 1.165) is 4.68 Å². The normalized spacial score (nSPS) is 11.7. The highest BCUT2D eigenvalue weighted by Gasteiger charge is 2.39. The van der Waals surface area contributed by atoms with Crippen molar-refractivity contribution in [2.24, 2.45) is 7.05 Å². The largest absolute Gasteiger partial charge is 0.436 e. The quantitative estimate of drug-likeness (QED) is 0.512. The third-order valence-electron chi connectivity index (χ3n) is 3.22. The van der Waals surface area contributed by atoms with Crippen LogP contribution in [0.4, 0.5) is 18.9 Å². The van der Waals surface area contributed by atoms with Crippen molar-refractivity contribution in [3.8, 4) is 23.0 Å². The lowest BCUT2D eigenvalue weighted by atomic mass is 10.2. The number of halogens is 4. The summed E-state index contributed by atoms with van der Waals surface area (Å²) in [6.45, 7) is 0. The van der Waals surface area contributed by atoms with Gasteiger partial charge >= 0.3 is 6.18 Å². The number of aryl methyl sites for hydroxylation is 1. The van der Waals surface area contributed by atoms with Crippen molar-refractivity contribution >= 4 is 17.3 Å². The minimum atomic E-state index is -4.73. The number of aromatic nitrogens is 4. The molecule has 0 aliphatic heterocycles. The summed E-state index contributed by atoms with van der Waals surface area (Å²) in [7, 11) is 1.26. The molecule has 25 heavy (non-hydrogen) atoms. The van der Waals surface area contributed by atoms with E-state index in [1.165, 1.54) is 31.3 Å². The molecule has 2 heterocycles. The average Bonchev–Trinajstić information content (AvgIpc) is 3.11. The molecule has 0 amide bonds. The molecule has 0 N–H and O–H groups in total. The van der Waals surface area contributed by atoms with Gasteiger partial charge in [-0.2, -0.15) is 23.3 Å². The van der Waals surface area contributed by atoms with Crippen LogP contribution < -0.4 is 0 Å². The molecule has 3 aromatic rings. The first kappa shape index (κ1) is 16.9. The van der Waals surface area contributed by atoms with E-state index in [9.17, 15) is 23.3 Å². The smallest absolute Gasteiger partial charge is 0.332 e. The Bertz CT molecular complexity index is 949. The van der Waals surface area contributed by atoms with Crippen molar-refractivity contribution in [3.63, 3.8) is 0 Å². The van der Waals surface area contributed by atoms with E-state index in [1.807, 2.05) is 0 Å². The topological polar surface area (TPSA) is 99.9 Å². The average molecular weight is 374 g/mol. The molecular formula is C13H7ClF3N5O3. The summed E-state index contributed by atoms with van der Waals surface area (Å²) in [5.74, 6) is -0.223. The Morgan fingerprint density at radius 3 is 2.44 bits per heavy atom. The molecule has 3 rings (SSSR count). The van der Waals surface area contributed by atoms with Crippen LogP contribution in [0.1, 0.15) is 5.69 Å². The number of hydrogen-bond acceptors (Lipinski definition) is 6. The summed E-state index contributed by atoms with van der Waals surface area (Å²) in [6, 6.07) is 5.26. The number of rotatable bonds is 3. The highest BCUT2D eigenvalue weighted by Crippen LogP contribution is 2.39. The molecular weight excluding hydrogens is 367 g/mol. The number of nitro groups is 1. The molecule has 0 unspecified atom stereocenters. The van der Waals surface area contributed by atoms with E-state index >= 15 is 0 Å². The van der Waals surface area contributed by atoms with Gasteiger partial charge in [0.2, 0.25) is 5.82 Å². The molecule has 0 bridgehead atoms. The maximum Gasteiger partial charge on any atom is 0.436 e. The van der Waals surface area contributed by atoms with E-state index in [0.29, 0.717) is 5.56 Å². The maximum absolute atomic E-state index is 12.8. The zero-order valence-corrected chi connectivity index (χ0v) is 13.0. The van der Waals surface area contributed by atoms with Crippen LogP contribution >= 0.6 is 11.6 Å². The highest BCUT2D eigenvalue weighted by molar-refractivity contribution is 6.33. The summed E-state index contributed by atoms with van der Waals surface area (Å²) in [6.07, 6.45) is -4.73. The van der Waals surface area contributed by atoms with E-state index in [1.54, 1.807) is 0 Å². The van der Waals surface area contributed by atoms with Crippen LogP contribution in [0, 0.1) is 10.1 Å². The van der Waals surface area contributed by atoms with Gasteiger partial charge < -0.3 is 4.52 Å². The van der Waals surface area contributed by atoms with E-state index < -0.39 is 21.8 Å². The predicted octanol–water partition coefficient (Wildman–Crippen LogP) is 3.72. The van der Waals surface area contributed by atoms with E-state index in [-0.39, 0.29) is 23.1 Å². The highest BCUT2D eigenvalue weighted by atomic mass is 35.5. The van der Waals surface area contributed by atoms with Crippen LogP contribution in [0.3, 0.4) is 0 Å². The zero-order valence-electron chi connectivity index (χ0n) is 12.3. The van der Waals surface area contributed by atoms with Gasteiger partial charge in [-0.25, -0.2) is 0 Å².